The van der Waals surface area contributed by atoms with Gasteiger partial charge in [0.15, 0.2) is 0 Å². The Bertz CT molecular complexity index is 387. The molecule has 1 N–H and O–H groups in total. The van der Waals surface area contributed by atoms with E-state index in [4.69, 9.17) is 4.74 Å². The number of carbonyl (C=O) groups excluding carboxylic acids is 1. The third-order valence-corrected chi connectivity index (χ3v) is 2.58. The molecule has 0 spiro atoms. The largest absolute Gasteiger partial charge is 0.445 e. The molecule has 1 amide bonds. The number of hydrogen-bond acceptors (Lipinski definition) is 2. The molecule has 0 heterocycles. The van der Waals surface area contributed by atoms with Gasteiger partial charge in [0.05, 0.1) is 0 Å². The molecule has 0 radical (unpaired) electrons. The van der Waals surface area contributed by atoms with Crippen molar-refractivity contribution in [3.8, 4) is 0 Å². The maximum Gasteiger partial charge on any atom is 0.407 e. The van der Waals surface area contributed by atoms with Gasteiger partial charge in [-0.1, -0.05) is 35.9 Å². The van der Waals surface area contributed by atoms with Crippen LogP contribution in [0.4, 0.5) is 4.79 Å². The molecule has 3 heteroatoms. The summed E-state index contributed by atoms with van der Waals surface area (Å²) in [7, 11) is 0. The number of alkyl carbamates (subject to hydrolysis) is 1. The monoisotopic (exact) mass is 247 g/mol. The van der Waals surface area contributed by atoms with Crippen LogP contribution in [-0.4, -0.2) is 12.1 Å². The highest BCUT2D eigenvalue weighted by molar-refractivity contribution is 5.67. The van der Waals surface area contributed by atoms with E-state index >= 15 is 0 Å². The van der Waals surface area contributed by atoms with E-state index in [0.29, 0.717) is 6.61 Å². The van der Waals surface area contributed by atoms with E-state index in [2.05, 4.69) is 11.9 Å². The first kappa shape index (κ1) is 14.3. The molecule has 18 heavy (non-hydrogen) atoms. The average molecular weight is 247 g/mol. The Labute approximate surface area is 109 Å². The summed E-state index contributed by atoms with van der Waals surface area (Å²) >= 11 is 0. The molecule has 1 aromatic rings. The van der Waals surface area contributed by atoms with Crippen LogP contribution in [-0.2, 0) is 11.3 Å². The second-order valence-corrected chi connectivity index (χ2v) is 4.60. The van der Waals surface area contributed by atoms with Gasteiger partial charge in [0.2, 0.25) is 0 Å². The van der Waals surface area contributed by atoms with Gasteiger partial charge in [-0.15, -0.1) is 6.58 Å². The molecule has 1 aromatic carbocycles. The second kappa shape index (κ2) is 7.54. The number of allylic oxidation sites excluding steroid dienone is 1. The summed E-state index contributed by atoms with van der Waals surface area (Å²) in [6, 6.07) is 9.74. The van der Waals surface area contributed by atoms with Crippen LogP contribution in [0.15, 0.2) is 42.5 Å². The van der Waals surface area contributed by atoms with Gasteiger partial charge in [0, 0.05) is 6.04 Å². The van der Waals surface area contributed by atoms with Crippen LogP contribution in [0.25, 0.3) is 0 Å². The van der Waals surface area contributed by atoms with E-state index in [-0.39, 0.29) is 12.1 Å². The van der Waals surface area contributed by atoms with Gasteiger partial charge >= 0.3 is 6.09 Å². The van der Waals surface area contributed by atoms with Gasteiger partial charge in [-0.2, -0.15) is 0 Å². The maximum absolute atomic E-state index is 11.5. The highest BCUT2D eigenvalue weighted by Gasteiger charge is 2.08. The van der Waals surface area contributed by atoms with E-state index in [1.807, 2.05) is 44.2 Å². The summed E-state index contributed by atoms with van der Waals surface area (Å²) in [4.78, 5) is 11.5. The summed E-state index contributed by atoms with van der Waals surface area (Å²) in [5, 5.41) is 2.80. The van der Waals surface area contributed by atoms with Crippen LogP contribution in [0.5, 0.6) is 0 Å². The number of nitrogens with one attached hydrogen (secondary N) is 1. The molecular formula is C15H21NO2. The number of ether oxygens (including phenoxy) is 1. The predicted octanol–water partition coefficient (Wildman–Crippen LogP) is 3.66. The number of benzene rings is 1. The standard InChI is InChI=1S/C15H21NO2/c1-12(2)9-10-13(3)16-15(17)18-11-14-7-5-4-6-8-14/h4-8,13H,1,9-11H2,2-3H3,(H,16,17). The Kier molecular flexibility index (Phi) is 5.98. The average Bonchev–Trinajstić information content (AvgIpc) is 2.35. The van der Waals surface area contributed by atoms with Gasteiger partial charge in [0.1, 0.15) is 6.61 Å². The van der Waals surface area contributed by atoms with Gasteiger partial charge in [0.25, 0.3) is 0 Å². The molecular weight excluding hydrogens is 226 g/mol. The maximum atomic E-state index is 11.5. The molecule has 0 bridgehead atoms. The first-order valence-electron chi connectivity index (χ1n) is 6.19. The molecule has 3 nitrogen and oxygen atoms in total. The van der Waals surface area contributed by atoms with Gasteiger partial charge < -0.3 is 10.1 Å². The number of amides is 1. The van der Waals surface area contributed by atoms with Crippen molar-refractivity contribution in [2.24, 2.45) is 0 Å². The van der Waals surface area contributed by atoms with Crippen LogP contribution in [0.1, 0.15) is 32.3 Å². The Morgan fingerprint density at radius 1 is 1.39 bits per heavy atom. The summed E-state index contributed by atoms with van der Waals surface area (Å²) in [6.07, 6.45) is 1.43. The zero-order valence-electron chi connectivity index (χ0n) is 11.1. The van der Waals surface area contributed by atoms with Crippen LogP contribution in [0.3, 0.4) is 0 Å². The Hall–Kier alpha value is -1.77. The third-order valence-electron chi connectivity index (χ3n) is 2.58. The van der Waals surface area contributed by atoms with Crippen LogP contribution < -0.4 is 5.32 Å². The predicted molar refractivity (Wildman–Crippen MR) is 73.3 cm³/mol. The minimum atomic E-state index is -0.368. The lowest BCUT2D eigenvalue weighted by molar-refractivity contribution is 0.136. The lowest BCUT2D eigenvalue weighted by Crippen LogP contribution is -2.32. The Morgan fingerprint density at radius 3 is 2.67 bits per heavy atom. The highest BCUT2D eigenvalue weighted by Crippen LogP contribution is 2.05. The molecule has 0 fully saturated rings. The Balaban J connectivity index is 2.23. The molecule has 0 aliphatic rings. The third kappa shape index (κ3) is 6.09. The van der Waals surface area contributed by atoms with Crippen LogP contribution in [0, 0.1) is 0 Å². The lowest BCUT2D eigenvalue weighted by Gasteiger charge is -2.13. The SMILES string of the molecule is C=C(C)CCC(C)NC(=O)OCc1ccccc1. The van der Waals surface area contributed by atoms with Crippen molar-refractivity contribution in [2.45, 2.75) is 39.3 Å². The fraction of sp³-hybridized carbons (Fsp3) is 0.400. The van der Waals surface area contributed by atoms with Crippen LogP contribution in [0.2, 0.25) is 0 Å². The first-order chi connectivity index (χ1) is 8.58. The minimum absolute atomic E-state index is 0.102. The van der Waals surface area contributed by atoms with Gasteiger partial charge in [-0.3, -0.25) is 0 Å². The van der Waals surface area contributed by atoms with E-state index in [9.17, 15) is 4.79 Å². The zero-order valence-corrected chi connectivity index (χ0v) is 11.1. The highest BCUT2D eigenvalue weighted by atomic mass is 16.5. The summed E-state index contributed by atoms with van der Waals surface area (Å²) in [5.41, 5.74) is 2.11. The van der Waals surface area contributed by atoms with Crippen molar-refractivity contribution >= 4 is 6.09 Å². The molecule has 0 aromatic heterocycles. The molecule has 0 saturated heterocycles. The zero-order chi connectivity index (χ0) is 13.4. The molecule has 1 unspecified atom stereocenters. The molecule has 1 rings (SSSR count). The lowest BCUT2D eigenvalue weighted by atomic mass is 10.1. The molecule has 0 saturated carbocycles. The minimum Gasteiger partial charge on any atom is -0.445 e. The second-order valence-electron chi connectivity index (χ2n) is 4.60. The van der Waals surface area contributed by atoms with Crippen molar-refractivity contribution in [1.29, 1.82) is 0 Å². The van der Waals surface area contributed by atoms with E-state index < -0.39 is 0 Å². The molecule has 98 valence electrons. The van der Waals surface area contributed by atoms with E-state index in [0.717, 1.165) is 24.0 Å². The fourth-order valence-corrected chi connectivity index (χ4v) is 1.50. The normalized spacial score (nSPS) is 11.7. The summed E-state index contributed by atoms with van der Waals surface area (Å²) in [6.45, 7) is 8.10. The fourth-order valence-electron chi connectivity index (χ4n) is 1.50. The number of hydrogen-bond donors (Lipinski definition) is 1. The molecule has 1 atom stereocenters. The first-order valence-corrected chi connectivity index (χ1v) is 6.19. The summed E-state index contributed by atoms with van der Waals surface area (Å²) < 4.78 is 5.13. The van der Waals surface area contributed by atoms with Gasteiger partial charge in [-0.05, 0) is 32.3 Å². The van der Waals surface area contributed by atoms with Crippen molar-refractivity contribution in [1.82, 2.24) is 5.32 Å². The van der Waals surface area contributed by atoms with Crippen molar-refractivity contribution < 1.29 is 9.53 Å². The van der Waals surface area contributed by atoms with E-state index in [1.54, 1.807) is 0 Å². The molecule has 0 aliphatic carbocycles. The number of carbonyl (C=O) groups is 1. The Morgan fingerprint density at radius 2 is 2.06 bits per heavy atom. The summed E-state index contributed by atoms with van der Waals surface area (Å²) in [5.74, 6) is 0. The smallest absolute Gasteiger partial charge is 0.407 e. The molecule has 0 aliphatic heterocycles. The van der Waals surface area contributed by atoms with Crippen LogP contribution >= 0.6 is 0 Å². The van der Waals surface area contributed by atoms with Gasteiger partial charge in [-0.25, -0.2) is 4.79 Å². The van der Waals surface area contributed by atoms with Crippen molar-refractivity contribution in [3.63, 3.8) is 0 Å². The number of rotatable bonds is 6. The quantitative estimate of drug-likeness (QED) is 0.779. The topological polar surface area (TPSA) is 38.3 Å². The van der Waals surface area contributed by atoms with E-state index in [1.165, 1.54) is 0 Å². The van der Waals surface area contributed by atoms with Crippen molar-refractivity contribution in [2.75, 3.05) is 0 Å². The van der Waals surface area contributed by atoms with Crippen molar-refractivity contribution in [3.05, 3.63) is 48.0 Å².